The van der Waals surface area contributed by atoms with Crippen molar-refractivity contribution in [2.75, 3.05) is 20.3 Å². The van der Waals surface area contributed by atoms with E-state index in [1.807, 2.05) is 48.5 Å². The maximum atomic E-state index is 12.6. The molecule has 1 amide bonds. The van der Waals surface area contributed by atoms with E-state index >= 15 is 0 Å². The molecule has 0 bridgehead atoms. The molecule has 1 N–H and O–H groups in total. The molecule has 3 aromatic carbocycles. The first-order valence-corrected chi connectivity index (χ1v) is 10.5. The van der Waals surface area contributed by atoms with Crippen molar-refractivity contribution in [3.63, 3.8) is 0 Å². The molecule has 5 nitrogen and oxygen atoms in total. The second kappa shape index (κ2) is 11.6. The molecule has 0 aliphatic carbocycles. The first-order valence-electron chi connectivity index (χ1n) is 10.5. The summed E-state index contributed by atoms with van der Waals surface area (Å²) in [6.07, 6.45) is 1.74. The normalized spacial score (nSPS) is 10.4. The summed E-state index contributed by atoms with van der Waals surface area (Å²) in [6, 6.07) is 23.1. The fraction of sp³-hybridized carbons (Fsp3) is 0.269. The van der Waals surface area contributed by atoms with Gasteiger partial charge in [0, 0.05) is 18.5 Å². The van der Waals surface area contributed by atoms with E-state index in [9.17, 15) is 4.79 Å². The second-order valence-corrected chi connectivity index (χ2v) is 7.13. The molecule has 0 aliphatic heterocycles. The van der Waals surface area contributed by atoms with Gasteiger partial charge in [0.2, 0.25) is 0 Å². The first-order chi connectivity index (χ1) is 15.2. The van der Waals surface area contributed by atoms with Gasteiger partial charge in [0.25, 0.3) is 5.91 Å². The summed E-state index contributed by atoms with van der Waals surface area (Å²) < 4.78 is 16.9. The minimum atomic E-state index is -0.154. The highest BCUT2D eigenvalue weighted by atomic mass is 16.5. The van der Waals surface area contributed by atoms with Crippen LogP contribution < -0.4 is 19.5 Å². The number of hydrogen-bond donors (Lipinski definition) is 1. The Kier molecular flexibility index (Phi) is 8.35. The zero-order chi connectivity index (χ0) is 21.9. The Morgan fingerprint density at radius 1 is 0.839 bits per heavy atom. The summed E-state index contributed by atoms with van der Waals surface area (Å²) in [7, 11) is 1.61. The summed E-state index contributed by atoms with van der Waals surface area (Å²) >= 11 is 0. The third-order valence-electron chi connectivity index (χ3n) is 4.74. The molecule has 3 rings (SSSR count). The minimum absolute atomic E-state index is 0.154. The topological polar surface area (TPSA) is 56.8 Å². The van der Waals surface area contributed by atoms with E-state index in [0.717, 1.165) is 18.4 Å². The van der Waals surface area contributed by atoms with Gasteiger partial charge in [-0.3, -0.25) is 4.79 Å². The van der Waals surface area contributed by atoms with Gasteiger partial charge < -0.3 is 19.5 Å². The molecular formula is C26H29NO4. The number of rotatable bonds is 11. The number of methoxy groups -OCH3 is 1. The van der Waals surface area contributed by atoms with Crippen molar-refractivity contribution in [1.82, 2.24) is 5.32 Å². The van der Waals surface area contributed by atoms with E-state index in [-0.39, 0.29) is 5.91 Å². The van der Waals surface area contributed by atoms with Crippen LogP contribution >= 0.6 is 0 Å². The highest BCUT2D eigenvalue weighted by molar-refractivity contribution is 5.94. The van der Waals surface area contributed by atoms with E-state index < -0.39 is 0 Å². The van der Waals surface area contributed by atoms with E-state index in [0.29, 0.717) is 42.6 Å². The lowest BCUT2D eigenvalue weighted by Crippen LogP contribution is -2.22. The first kappa shape index (κ1) is 22.2. The summed E-state index contributed by atoms with van der Waals surface area (Å²) in [5.74, 6) is 1.90. The predicted octanol–water partition coefficient (Wildman–Crippen LogP) is 5.04. The van der Waals surface area contributed by atoms with Crippen molar-refractivity contribution in [3.05, 3.63) is 89.5 Å². The van der Waals surface area contributed by atoms with Crippen LogP contribution in [0.15, 0.2) is 72.8 Å². The van der Waals surface area contributed by atoms with Crippen molar-refractivity contribution < 1.29 is 19.0 Å². The van der Waals surface area contributed by atoms with Gasteiger partial charge in [-0.15, -0.1) is 0 Å². The van der Waals surface area contributed by atoms with E-state index in [2.05, 4.69) is 24.4 Å². The summed E-state index contributed by atoms with van der Waals surface area (Å²) in [5, 5.41) is 2.95. The number of carbonyl (C=O) groups is 1. The summed E-state index contributed by atoms with van der Waals surface area (Å²) in [6.45, 7) is 3.64. The van der Waals surface area contributed by atoms with E-state index in [1.54, 1.807) is 19.2 Å². The van der Waals surface area contributed by atoms with Gasteiger partial charge in [-0.05, 0) is 47.9 Å². The molecule has 0 heterocycles. The molecule has 0 spiro atoms. The van der Waals surface area contributed by atoms with Crippen molar-refractivity contribution in [2.24, 2.45) is 0 Å². The van der Waals surface area contributed by atoms with Crippen molar-refractivity contribution in [2.45, 2.75) is 26.3 Å². The van der Waals surface area contributed by atoms with E-state index in [4.69, 9.17) is 14.2 Å². The Bertz CT molecular complexity index is 972. The fourth-order valence-electron chi connectivity index (χ4n) is 3.10. The molecule has 0 radical (unpaired) electrons. The van der Waals surface area contributed by atoms with Crippen LogP contribution in [-0.4, -0.2) is 26.2 Å². The van der Waals surface area contributed by atoms with Crippen LogP contribution in [0.5, 0.6) is 17.2 Å². The smallest absolute Gasteiger partial charge is 0.251 e. The Morgan fingerprint density at radius 2 is 1.68 bits per heavy atom. The standard InChI is InChI=1S/C26H29NO4/c1-3-15-31-24-13-12-21(17-25(24)29-2)19-27-26(28)22-10-7-11-23(18-22)30-16-14-20-8-5-4-6-9-20/h4-13,17-18H,3,14-16,19H2,1-2H3,(H,27,28). The van der Waals surface area contributed by atoms with Crippen LogP contribution in [0.4, 0.5) is 0 Å². The highest BCUT2D eigenvalue weighted by Gasteiger charge is 2.09. The quantitative estimate of drug-likeness (QED) is 0.473. The van der Waals surface area contributed by atoms with Gasteiger partial charge in [-0.25, -0.2) is 0 Å². The molecule has 0 saturated carbocycles. The number of amides is 1. The molecular weight excluding hydrogens is 390 g/mol. The monoisotopic (exact) mass is 419 g/mol. The third-order valence-corrected chi connectivity index (χ3v) is 4.74. The molecule has 0 unspecified atom stereocenters. The molecule has 0 aliphatic rings. The predicted molar refractivity (Wildman–Crippen MR) is 122 cm³/mol. The Labute approximate surface area is 184 Å². The lowest BCUT2D eigenvalue weighted by Gasteiger charge is -2.12. The van der Waals surface area contributed by atoms with Gasteiger partial charge in [0.05, 0.1) is 20.3 Å². The van der Waals surface area contributed by atoms with Crippen LogP contribution in [-0.2, 0) is 13.0 Å². The number of ether oxygens (including phenoxy) is 3. The van der Waals surface area contributed by atoms with Gasteiger partial charge in [0.15, 0.2) is 11.5 Å². The number of carbonyl (C=O) groups excluding carboxylic acids is 1. The van der Waals surface area contributed by atoms with Gasteiger partial charge in [-0.1, -0.05) is 49.4 Å². The van der Waals surface area contributed by atoms with Crippen molar-refractivity contribution in [1.29, 1.82) is 0 Å². The van der Waals surface area contributed by atoms with Crippen LogP contribution in [0.1, 0.15) is 34.8 Å². The molecule has 0 atom stereocenters. The lowest BCUT2D eigenvalue weighted by atomic mass is 10.1. The van der Waals surface area contributed by atoms with E-state index in [1.165, 1.54) is 5.56 Å². The zero-order valence-electron chi connectivity index (χ0n) is 18.1. The average Bonchev–Trinajstić information content (AvgIpc) is 2.82. The molecule has 162 valence electrons. The van der Waals surface area contributed by atoms with Crippen LogP contribution in [0.3, 0.4) is 0 Å². The summed E-state index contributed by atoms with van der Waals surface area (Å²) in [4.78, 5) is 12.6. The highest BCUT2D eigenvalue weighted by Crippen LogP contribution is 2.28. The number of benzene rings is 3. The van der Waals surface area contributed by atoms with Gasteiger partial charge >= 0.3 is 0 Å². The largest absolute Gasteiger partial charge is 0.493 e. The molecule has 0 fully saturated rings. The molecule has 0 aromatic heterocycles. The second-order valence-electron chi connectivity index (χ2n) is 7.13. The molecule has 0 saturated heterocycles. The van der Waals surface area contributed by atoms with Gasteiger partial charge in [-0.2, -0.15) is 0 Å². The van der Waals surface area contributed by atoms with Crippen molar-refractivity contribution >= 4 is 5.91 Å². The SMILES string of the molecule is CCCOc1ccc(CNC(=O)c2cccc(OCCc3ccccc3)c2)cc1OC. The summed E-state index contributed by atoms with van der Waals surface area (Å²) in [5.41, 5.74) is 2.72. The molecule has 3 aromatic rings. The zero-order valence-corrected chi connectivity index (χ0v) is 18.1. The molecule has 31 heavy (non-hydrogen) atoms. The molecule has 5 heteroatoms. The Balaban J connectivity index is 1.54. The Hall–Kier alpha value is -3.47. The maximum Gasteiger partial charge on any atom is 0.251 e. The average molecular weight is 420 g/mol. The van der Waals surface area contributed by atoms with Gasteiger partial charge in [0.1, 0.15) is 5.75 Å². The Morgan fingerprint density at radius 3 is 2.45 bits per heavy atom. The van der Waals surface area contributed by atoms with Crippen LogP contribution in [0, 0.1) is 0 Å². The lowest BCUT2D eigenvalue weighted by molar-refractivity contribution is 0.0950. The fourth-order valence-corrected chi connectivity index (χ4v) is 3.10. The number of hydrogen-bond acceptors (Lipinski definition) is 4. The van der Waals surface area contributed by atoms with Crippen LogP contribution in [0.25, 0.3) is 0 Å². The number of nitrogens with one attached hydrogen (secondary N) is 1. The third kappa shape index (κ3) is 6.78. The van der Waals surface area contributed by atoms with Crippen molar-refractivity contribution in [3.8, 4) is 17.2 Å². The van der Waals surface area contributed by atoms with Crippen LogP contribution in [0.2, 0.25) is 0 Å². The minimum Gasteiger partial charge on any atom is -0.493 e. The maximum absolute atomic E-state index is 12.6.